The van der Waals surface area contributed by atoms with Crippen molar-refractivity contribution in [3.8, 4) is 11.5 Å². The summed E-state index contributed by atoms with van der Waals surface area (Å²) in [5.41, 5.74) is 2.84. The van der Waals surface area contributed by atoms with Gasteiger partial charge in [-0.05, 0) is 30.7 Å². The number of hydrogen-bond donors (Lipinski definition) is 0. The molecule has 0 bridgehead atoms. The molecule has 0 amide bonds. The Morgan fingerprint density at radius 1 is 1.12 bits per heavy atom. The molecule has 0 spiro atoms. The lowest BCUT2D eigenvalue weighted by Crippen LogP contribution is -2.09. The quantitative estimate of drug-likeness (QED) is 0.675. The molecule has 0 radical (unpaired) electrons. The van der Waals surface area contributed by atoms with Crippen LogP contribution in [0.4, 0.5) is 0 Å². The SMILES string of the molecule is COc1cccc(OC)c1C(=O)OCc1cn2cccc(C)c2n1. The average Bonchev–Trinajstić information content (AvgIpc) is 3.03. The lowest BCUT2D eigenvalue weighted by Gasteiger charge is -2.11. The second-order valence-electron chi connectivity index (χ2n) is 5.27. The van der Waals surface area contributed by atoms with Crippen LogP contribution >= 0.6 is 0 Å². The van der Waals surface area contributed by atoms with Crippen molar-refractivity contribution >= 4 is 11.6 Å². The molecule has 3 rings (SSSR count). The fourth-order valence-corrected chi connectivity index (χ4v) is 2.54. The molecule has 2 heterocycles. The Hall–Kier alpha value is -3.02. The molecule has 3 aromatic rings. The maximum Gasteiger partial charge on any atom is 0.346 e. The van der Waals surface area contributed by atoms with Crippen molar-refractivity contribution in [2.24, 2.45) is 0 Å². The highest BCUT2D eigenvalue weighted by molar-refractivity contribution is 5.95. The summed E-state index contributed by atoms with van der Waals surface area (Å²) in [6.07, 6.45) is 3.75. The second kappa shape index (κ2) is 6.62. The smallest absolute Gasteiger partial charge is 0.346 e. The normalized spacial score (nSPS) is 10.6. The highest BCUT2D eigenvalue weighted by Gasteiger charge is 2.20. The number of carbonyl (C=O) groups excluding carboxylic acids is 1. The molecular formula is C18H18N2O4. The Balaban J connectivity index is 1.81. The summed E-state index contributed by atoms with van der Waals surface area (Å²) >= 11 is 0. The van der Waals surface area contributed by atoms with Crippen molar-refractivity contribution in [3.63, 3.8) is 0 Å². The van der Waals surface area contributed by atoms with Gasteiger partial charge in [-0.15, -0.1) is 0 Å². The number of hydrogen-bond acceptors (Lipinski definition) is 5. The van der Waals surface area contributed by atoms with Gasteiger partial charge in [-0.3, -0.25) is 0 Å². The van der Waals surface area contributed by atoms with Crippen LogP contribution in [0.15, 0.2) is 42.7 Å². The Labute approximate surface area is 139 Å². The van der Waals surface area contributed by atoms with E-state index in [1.165, 1.54) is 14.2 Å². The van der Waals surface area contributed by atoms with E-state index in [4.69, 9.17) is 14.2 Å². The number of carbonyl (C=O) groups is 1. The van der Waals surface area contributed by atoms with E-state index in [2.05, 4.69) is 4.98 Å². The lowest BCUT2D eigenvalue weighted by molar-refractivity contribution is 0.0461. The van der Waals surface area contributed by atoms with Crippen LogP contribution in [0.25, 0.3) is 5.65 Å². The first-order valence-electron chi connectivity index (χ1n) is 7.45. The molecule has 124 valence electrons. The average molecular weight is 326 g/mol. The molecule has 6 nitrogen and oxygen atoms in total. The summed E-state index contributed by atoms with van der Waals surface area (Å²) in [5, 5.41) is 0. The zero-order chi connectivity index (χ0) is 17.1. The Morgan fingerprint density at radius 2 is 1.83 bits per heavy atom. The van der Waals surface area contributed by atoms with E-state index in [-0.39, 0.29) is 12.2 Å². The van der Waals surface area contributed by atoms with Gasteiger partial charge in [0.2, 0.25) is 0 Å². The molecule has 0 aliphatic heterocycles. The third-order valence-electron chi connectivity index (χ3n) is 3.71. The first-order valence-corrected chi connectivity index (χ1v) is 7.45. The zero-order valence-electron chi connectivity index (χ0n) is 13.8. The number of aromatic nitrogens is 2. The number of rotatable bonds is 5. The minimum absolute atomic E-state index is 0.0706. The van der Waals surface area contributed by atoms with Gasteiger partial charge in [0.05, 0.1) is 19.9 Å². The Bertz CT molecular complexity index is 864. The monoisotopic (exact) mass is 326 g/mol. The van der Waals surface area contributed by atoms with Crippen LogP contribution in [0.1, 0.15) is 21.6 Å². The second-order valence-corrected chi connectivity index (χ2v) is 5.27. The van der Waals surface area contributed by atoms with Crippen molar-refractivity contribution in [2.45, 2.75) is 13.5 Å². The number of methoxy groups -OCH3 is 2. The zero-order valence-corrected chi connectivity index (χ0v) is 13.8. The predicted molar refractivity (Wildman–Crippen MR) is 88.6 cm³/mol. The maximum absolute atomic E-state index is 12.4. The first kappa shape index (κ1) is 15.9. The number of esters is 1. The number of pyridine rings is 1. The van der Waals surface area contributed by atoms with Crippen LogP contribution < -0.4 is 9.47 Å². The summed E-state index contributed by atoms with van der Waals surface area (Å²) < 4.78 is 17.7. The molecule has 2 aromatic heterocycles. The molecular weight excluding hydrogens is 308 g/mol. The van der Waals surface area contributed by atoms with Crippen molar-refractivity contribution in [3.05, 3.63) is 59.5 Å². The molecule has 0 aliphatic carbocycles. The van der Waals surface area contributed by atoms with E-state index in [1.807, 2.05) is 35.9 Å². The van der Waals surface area contributed by atoms with Crippen LogP contribution in [0, 0.1) is 6.92 Å². The first-order chi connectivity index (χ1) is 11.6. The van der Waals surface area contributed by atoms with Gasteiger partial charge in [0.25, 0.3) is 0 Å². The predicted octanol–water partition coefficient (Wildman–Crippen LogP) is 3.02. The summed E-state index contributed by atoms with van der Waals surface area (Å²) in [6, 6.07) is 9.05. The van der Waals surface area contributed by atoms with Crippen molar-refractivity contribution < 1.29 is 19.0 Å². The molecule has 0 N–H and O–H groups in total. The van der Waals surface area contributed by atoms with E-state index >= 15 is 0 Å². The summed E-state index contributed by atoms with van der Waals surface area (Å²) in [6.45, 7) is 2.05. The minimum Gasteiger partial charge on any atom is -0.496 e. The van der Waals surface area contributed by atoms with Gasteiger partial charge in [-0.2, -0.15) is 0 Å². The molecule has 0 aliphatic rings. The standard InChI is InChI=1S/C18H18N2O4/c1-12-6-5-9-20-10-13(19-17(12)20)11-24-18(21)16-14(22-2)7-4-8-15(16)23-3/h4-10H,11H2,1-3H3. The van der Waals surface area contributed by atoms with Crippen LogP contribution in [0.2, 0.25) is 0 Å². The summed E-state index contributed by atoms with van der Waals surface area (Å²) in [5.74, 6) is 0.300. The van der Waals surface area contributed by atoms with Gasteiger partial charge in [0, 0.05) is 12.4 Å². The number of nitrogens with zero attached hydrogens (tertiary/aromatic N) is 2. The van der Waals surface area contributed by atoms with Crippen LogP contribution in [0.3, 0.4) is 0 Å². The summed E-state index contributed by atoms with van der Waals surface area (Å²) in [7, 11) is 2.99. The minimum atomic E-state index is -0.516. The van der Waals surface area contributed by atoms with E-state index in [0.29, 0.717) is 17.2 Å². The van der Waals surface area contributed by atoms with Gasteiger partial charge >= 0.3 is 5.97 Å². The number of aryl methyl sites for hydroxylation is 1. The van der Waals surface area contributed by atoms with Crippen molar-refractivity contribution in [1.29, 1.82) is 0 Å². The molecule has 0 atom stereocenters. The number of ether oxygens (including phenoxy) is 3. The Kier molecular flexibility index (Phi) is 4.37. The van der Waals surface area contributed by atoms with Gasteiger partial charge in [0.1, 0.15) is 29.3 Å². The third kappa shape index (κ3) is 2.90. The molecule has 1 aromatic carbocycles. The molecule has 0 saturated carbocycles. The number of fused-ring (bicyclic) bond motifs is 1. The topological polar surface area (TPSA) is 62.1 Å². The van der Waals surface area contributed by atoms with E-state index < -0.39 is 5.97 Å². The number of benzene rings is 1. The number of imidazole rings is 1. The maximum atomic E-state index is 12.4. The van der Waals surface area contributed by atoms with Crippen LogP contribution in [-0.2, 0) is 11.3 Å². The van der Waals surface area contributed by atoms with Crippen molar-refractivity contribution in [2.75, 3.05) is 14.2 Å². The largest absolute Gasteiger partial charge is 0.496 e. The highest BCUT2D eigenvalue weighted by Crippen LogP contribution is 2.29. The van der Waals surface area contributed by atoms with Gasteiger partial charge in [0.15, 0.2) is 0 Å². The fraction of sp³-hybridized carbons (Fsp3) is 0.222. The third-order valence-corrected chi connectivity index (χ3v) is 3.71. The van der Waals surface area contributed by atoms with Crippen LogP contribution in [-0.4, -0.2) is 29.6 Å². The lowest BCUT2D eigenvalue weighted by atomic mass is 10.2. The molecule has 24 heavy (non-hydrogen) atoms. The van der Waals surface area contributed by atoms with Gasteiger partial charge in [-0.1, -0.05) is 12.1 Å². The van der Waals surface area contributed by atoms with Gasteiger partial charge in [-0.25, -0.2) is 9.78 Å². The van der Waals surface area contributed by atoms with E-state index in [1.54, 1.807) is 18.2 Å². The fourth-order valence-electron chi connectivity index (χ4n) is 2.54. The van der Waals surface area contributed by atoms with Crippen molar-refractivity contribution in [1.82, 2.24) is 9.38 Å². The van der Waals surface area contributed by atoms with E-state index in [0.717, 1.165) is 11.2 Å². The van der Waals surface area contributed by atoms with Gasteiger partial charge < -0.3 is 18.6 Å². The molecule has 6 heteroatoms. The Morgan fingerprint density at radius 3 is 2.46 bits per heavy atom. The molecule has 0 unspecified atom stereocenters. The summed E-state index contributed by atoms with van der Waals surface area (Å²) in [4.78, 5) is 16.9. The molecule has 0 saturated heterocycles. The molecule has 0 fully saturated rings. The van der Waals surface area contributed by atoms with E-state index in [9.17, 15) is 4.79 Å². The van der Waals surface area contributed by atoms with Crippen LogP contribution in [0.5, 0.6) is 11.5 Å². The highest BCUT2D eigenvalue weighted by atomic mass is 16.5.